The predicted octanol–water partition coefficient (Wildman–Crippen LogP) is 3.16. The summed E-state index contributed by atoms with van der Waals surface area (Å²) in [6, 6.07) is 2.07. The summed E-state index contributed by atoms with van der Waals surface area (Å²) in [7, 11) is 0. The van der Waals surface area contributed by atoms with Crippen molar-refractivity contribution in [1.29, 1.82) is 0 Å². The van der Waals surface area contributed by atoms with E-state index in [1.54, 1.807) is 11.3 Å². The predicted molar refractivity (Wildman–Crippen MR) is 74.3 cm³/mol. The van der Waals surface area contributed by atoms with E-state index < -0.39 is 0 Å². The molecule has 1 saturated heterocycles. The molecule has 94 valence electrons. The second-order valence-corrected chi connectivity index (χ2v) is 5.82. The van der Waals surface area contributed by atoms with Crippen molar-refractivity contribution in [3.05, 3.63) is 21.6 Å². The van der Waals surface area contributed by atoms with Gasteiger partial charge in [-0.15, -0.1) is 11.3 Å². The maximum absolute atomic E-state index is 6.00. The van der Waals surface area contributed by atoms with Crippen LogP contribution in [0.4, 0.5) is 5.95 Å². The molecule has 0 unspecified atom stereocenters. The number of hydrogen-bond donors (Lipinski definition) is 0. The van der Waals surface area contributed by atoms with E-state index in [1.165, 1.54) is 17.7 Å². The highest BCUT2D eigenvalue weighted by Gasteiger charge is 2.17. The van der Waals surface area contributed by atoms with Crippen LogP contribution in [-0.2, 0) is 0 Å². The summed E-state index contributed by atoms with van der Waals surface area (Å²) in [6.45, 7) is 4.07. The molecule has 0 saturated carbocycles. The molecule has 0 spiro atoms. The van der Waals surface area contributed by atoms with Gasteiger partial charge in [-0.2, -0.15) is 15.0 Å². The van der Waals surface area contributed by atoms with Gasteiger partial charge in [0.1, 0.15) is 0 Å². The van der Waals surface area contributed by atoms with Gasteiger partial charge in [-0.3, -0.25) is 0 Å². The number of nitrogens with zero attached hydrogens (tertiary/aromatic N) is 4. The highest BCUT2D eigenvalue weighted by molar-refractivity contribution is 7.10. The van der Waals surface area contributed by atoms with Crippen molar-refractivity contribution in [3.63, 3.8) is 0 Å². The van der Waals surface area contributed by atoms with E-state index in [0.29, 0.717) is 11.8 Å². The first kappa shape index (κ1) is 11.9. The molecule has 0 radical (unpaired) electrons. The van der Waals surface area contributed by atoms with Crippen molar-refractivity contribution in [1.82, 2.24) is 15.0 Å². The molecule has 0 N–H and O–H groups in total. The molecular weight excluding hydrogens is 268 g/mol. The fourth-order valence-electron chi connectivity index (χ4n) is 2.09. The number of hydrogen-bond acceptors (Lipinski definition) is 5. The van der Waals surface area contributed by atoms with Gasteiger partial charge in [-0.1, -0.05) is 0 Å². The molecule has 1 aliphatic rings. The molecule has 4 nitrogen and oxygen atoms in total. The van der Waals surface area contributed by atoms with Gasteiger partial charge >= 0.3 is 0 Å². The monoisotopic (exact) mass is 280 g/mol. The molecule has 2 aromatic heterocycles. The zero-order chi connectivity index (χ0) is 12.5. The molecule has 0 aliphatic carbocycles. The van der Waals surface area contributed by atoms with E-state index in [4.69, 9.17) is 11.6 Å². The number of anilines is 1. The third-order valence-electron chi connectivity index (χ3n) is 2.97. The van der Waals surface area contributed by atoms with Gasteiger partial charge < -0.3 is 4.90 Å². The van der Waals surface area contributed by atoms with Crippen LogP contribution in [-0.4, -0.2) is 28.0 Å². The SMILES string of the molecule is Cc1cc(-c2nc(Cl)nc(N3CCCC3)n2)cs1. The first-order valence-corrected chi connectivity index (χ1v) is 7.20. The molecule has 1 aliphatic heterocycles. The molecule has 0 atom stereocenters. The highest BCUT2D eigenvalue weighted by Crippen LogP contribution is 2.25. The number of aryl methyl sites for hydroxylation is 1. The first-order valence-electron chi connectivity index (χ1n) is 5.94. The first-order chi connectivity index (χ1) is 8.72. The van der Waals surface area contributed by atoms with Crippen molar-refractivity contribution in [2.24, 2.45) is 0 Å². The summed E-state index contributed by atoms with van der Waals surface area (Å²) < 4.78 is 0. The third kappa shape index (κ3) is 2.33. The Labute approximate surface area is 115 Å². The van der Waals surface area contributed by atoms with Gasteiger partial charge in [-0.25, -0.2) is 0 Å². The lowest BCUT2D eigenvalue weighted by Gasteiger charge is -2.15. The normalized spacial score (nSPS) is 15.3. The minimum Gasteiger partial charge on any atom is -0.341 e. The largest absolute Gasteiger partial charge is 0.341 e. The standard InChI is InChI=1S/C12H13ClN4S/c1-8-6-9(7-18-8)10-14-11(13)16-12(15-10)17-4-2-3-5-17/h6-7H,2-5H2,1H3. The fraction of sp³-hybridized carbons (Fsp3) is 0.417. The van der Waals surface area contributed by atoms with Gasteiger partial charge in [0.25, 0.3) is 0 Å². The summed E-state index contributed by atoms with van der Waals surface area (Å²) >= 11 is 7.69. The van der Waals surface area contributed by atoms with Crippen molar-refractivity contribution >= 4 is 28.9 Å². The lowest BCUT2D eigenvalue weighted by atomic mass is 10.3. The van der Waals surface area contributed by atoms with Crippen molar-refractivity contribution in [2.45, 2.75) is 19.8 Å². The summed E-state index contributed by atoms with van der Waals surface area (Å²) in [5, 5.41) is 2.32. The average Bonchev–Trinajstić information content (AvgIpc) is 2.98. The van der Waals surface area contributed by atoms with E-state index in [-0.39, 0.29) is 5.28 Å². The van der Waals surface area contributed by atoms with Crippen molar-refractivity contribution in [2.75, 3.05) is 18.0 Å². The highest BCUT2D eigenvalue weighted by atomic mass is 35.5. The van der Waals surface area contributed by atoms with Crippen LogP contribution in [0.3, 0.4) is 0 Å². The lowest BCUT2D eigenvalue weighted by molar-refractivity contribution is 0.883. The van der Waals surface area contributed by atoms with Gasteiger partial charge in [0.2, 0.25) is 11.2 Å². The molecular formula is C12H13ClN4S. The Balaban J connectivity index is 1.99. The van der Waals surface area contributed by atoms with Crippen LogP contribution in [0.1, 0.15) is 17.7 Å². The minimum absolute atomic E-state index is 0.269. The molecule has 3 rings (SSSR count). The van der Waals surface area contributed by atoms with Crippen LogP contribution in [0, 0.1) is 6.92 Å². The summed E-state index contributed by atoms with van der Waals surface area (Å²) in [5.74, 6) is 1.37. The summed E-state index contributed by atoms with van der Waals surface area (Å²) in [5.41, 5.74) is 1.02. The molecule has 3 heterocycles. The van der Waals surface area contributed by atoms with Crippen molar-refractivity contribution < 1.29 is 0 Å². The maximum Gasteiger partial charge on any atom is 0.230 e. The minimum atomic E-state index is 0.269. The van der Waals surface area contributed by atoms with Crippen LogP contribution >= 0.6 is 22.9 Å². The Kier molecular flexibility index (Phi) is 3.18. The van der Waals surface area contributed by atoms with Gasteiger partial charge in [0, 0.05) is 28.9 Å². The summed E-state index contributed by atoms with van der Waals surface area (Å²) in [4.78, 5) is 16.4. The van der Waals surface area contributed by atoms with Crippen molar-refractivity contribution in [3.8, 4) is 11.4 Å². The van der Waals surface area contributed by atoms with E-state index in [1.807, 2.05) is 0 Å². The number of halogens is 1. The van der Waals surface area contributed by atoms with Crippen LogP contribution in [0.5, 0.6) is 0 Å². The van der Waals surface area contributed by atoms with Crippen LogP contribution < -0.4 is 4.90 Å². The summed E-state index contributed by atoms with van der Waals surface area (Å²) in [6.07, 6.45) is 2.38. The average molecular weight is 281 g/mol. The third-order valence-corrected chi connectivity index (χ3v) is 4.00. The quantitative estimate of drug-likeness (QED) is 0.847. The molecule has 0 aromatic carbocycles. The van der Waals surface area contributed by atoms with E-state index >= 15 is 0 Å². The fourth-order valence-corrected chi connectivity index (χ4v) is 2.92. The van der Waals surface area contributed by atoms with E-state index in [0.717, 1.165) is 18.7 Å². The van der Waals surface area contributed by atoms with Crippen LogP contribution in [0.15, 0.2) is 11.4 Å². The molecule has 2 aromatic rings. The Morgan fingerprint density at radius 2 is 2.00 bits per heavy atom. The van der Waals surface area contributed by atoms with Gasteiger partial charge in [-0.05, 0) is 37.4 Å². The number of aromatic nitrogens is 3. The van der Waals surface area contributed by atoms with Gasteiger partial charge in [0.15, 0.2) is 5.82 Å². The van der Waals surface area contributed by atoms with Crippen LogP contribution in [0.2, 0.25) is 5.28 Å². The Morgan fingerprint density at radius 3 is 2.67 bits per heavy atom. The lowest BCUT2D eigenvalue weighted by Crippen LogP contribution is -2.21. The smallest absolute Gasteiger partial charge is 0.230 e. The second-order valence-electron chi connectivity index (χ2n) is 4.37. The zero-order valence-electron chi connectivity index (χ0n) is 10.1. The molecule has 0 bridgehead atoms. The van der Waals surface area contributed by atoms with Gasteiger partial charge in [0.05, 0.1) is 0 Å². The molecule has 6 heteroatoms. The zero-order valence-corrected chi connectivity index (χ0v) is 11.6. The molecule has 1 fully saturated rings. The Morgan fingerprint density at radius 1 is 1.22 bits per heavy atom. The van der Waals surface area contributed by atoms with Crippen LogP contribution in [0.25, 0.3) is 11.4 Å². The second kappa shape index (κ2) is 4.82. The Bertz CT molecular complexity index is 563. The van der Waals surface area contributed by atoms with E-state index in [2.05, 4.69) is 38.2 Å². The number of rotatable bonds is 2. The Hall–Kier alpha value is -1.20. The molecule has 18 heavy (non-hydrogen) atoms. The maximum atomic E-state index is 6.00. The number of thiophene rings is 1. The van der Waals surface area contributed by atoms with E-state index in [9.17, 15) is 0 Å². The topological polar surface area (TPSA) is 41.9 Å². The molecule has 0 amide bonds.